The van der Waals surface area contributed by atoms with E-state index in [9.17, 15) is 9.59 Å². The standard InChI is InChI=1S/C22H21BN4O2/c1-25-20-19(21(28)26(2)22(25)29)27(14-16-9-6-10-17(23)13-16)18(24-20)12-11-15-7-4-3-5-8-15/h3-13H,14,23H2,1-2H3/b12-11+. The molecule has 0 amide bonds. The Morgan fingerprint density at radius 1 is 0.966 bits per heavy atom. The summed E-state index contributed by atoms with van der Waals surface area (Å²) in [5.41, 5.74) is 3.32. The van der Waals surface area contributed by atoms with Gasteiger partial charge in [-0.25, -0.2) is 9.78 Å². The number of hydrogen-bond acceptors (Lipinski definition) is 3. The Kier molecular flexibility index (Phi) is 4.80. The predicted molar refractivity (Wildman–Crippen MR) is 119 cm³/mol. The van der Waals surface area contributed by atoms with Crippen molar-refractivity contribution in [2.45, 2.75) is 6.54 Å². The smallest absolute Gasteiger partial charge is 0.314 e. The number of benzene rings is 2. The highest BCUT2D eigenvalue weighted by Gasteiger charge is 2.18. The fraction of sp³-hybridized carbons (Fsp3) is 0.136. The molecule has 2 aromatic carbocycles. The lowest BCUT2D eigenvalue weighted by atomic mass is 9.94. The Bertz CT molecular complexity index is 1350. The van der Waals surface area contributed by atoms with Crippen molar-refractivity contribution in [1.82, 2.24) is 18.7 Å². The van der Waals surface area contributed by atoms with Gasteiger partial charge in [-0.15, -0.1) is 0 Å². The van der Waals surface area contributed by atoms with Crippen molar-refractivity contribution >= 4 is 36.6 Å². The molecule has 29 heavy (non-hydrogen) atoms. The molecular weight excluding hydrogens is 363 g/mol. The lowest BCUT2D eigenvalue weighted by Crippen LogP contribution is -2.37. The zero-order valence-corrected chi connectivity index (χ0v) is 16.7. The van der Waals surface area contributed by atoms with E-state index in [4.69, 9.17) is 0 Å². The van der Waals surface area contributed by atoms with E-state index < -0.39 is 0 Å². The molecule has 4 rings (SSSR count). The highest BCUT2D eigenvalue weighted by molar-refractivity contribution is 6.32. The highest BCUT2D eigenvalue weighted by atomic mass is 16.2. The van der Waals surface area contributed by atoms with Gasteiger partial charge in [0.15, 0.2) is 11.2 Å². The van der Waals surface area contributed by atoms with Crippen molar-refractivity contribution in [3.05, 3.63) is 92.4 Å². The second-order valence-electron chi connectivity index (χ2n) is 7.17. The number of aromatic nitrogens is 4. The molecule has 0 aliphatic rings. The zero-order valence-electron chi connectivity index (χ0n) is 16.7. The molecule has 0 saturated carbocycles. The molecule has 6 nitrogen and oxygen atoms in total. The molecule has 0 radical (unpaired) electrons. The van der Waals surface area contributed by atoms with Gasteiger partial charge >= 0.3 is 5.69 Å². The van der Waals surface area contributed by atoms with Gasteiger partial charge in [0.2, 0.25) is 0 Å². The Morgan fingerprint density at radius 2 is 1.72 bits per heavy atom. The highest BCUT2D eigenvalue weighted by Crippen LogP contribution is 2.16. The maximum absolute atomic E-state index is 12.9. The van der Waals surface area contributed by atoms with Gasteiger partial charge in [0.1, 0.15) is 13.7 Å². The molecule has 144 valence electrons. The van der Waals surface area contributed by atoms with Crippen molar-refractivity contribution in [1.29, 1.82) is 0 Å². The first-order valence-electron chi connectivity index (χ1n) is 9.40. The number of hydrogen-bond donors (Lipinski definition) is 0. The van der Waals surface area contributed by atoms with E-state index in [0.717, 1.165) is 21.2 Å². The third kappa shape index (κ3) is 3.47. The van der Waals surface area contributed by atoms with Crippen LogP contribution in [0.25, 0.3) is 23.3 Å². The van der Waals surface area contributed by atoms with Crippen LogP contribution < -0.4 is 16.7 Å². The van der Waals surface area contributed by atoms with Gasteiger partial charge in [-0.3, -0.25) is 13.9 Å². The summed E-state index contributed by atoms with van der Waals surface area (Å²) in [5.74, 6) is 0.628. The van der Waals surface area contributed by atoms with Crippen molar-refractivity contribution in [3.63, 3.8) is 0 Å². The minimum Gasteiger partial charge on any atom is -0.314 e. The van der Waals surface area contributed by atoms with E-state index in [1.54, 1.807) is 7.05 Å². The summed E-state index contributed by atoms with van der Waals surface area (Å²) >= 11 is 0. The van der Waals surface area contributed by atoms with Gasteiger partial charge < -0.3 is 4.57 Å². The van der Waals surface area contributed by atoms with Gasteiger partial charge in [-0.05, 0) is 17.2 Å². The normalized spacial score (nSPS) is 11.5. The quantitative estimate of drug-likeness (QED) is 0.492. The van der Waals surface area contributed by atoms with Gasteiger partial charge in [0.25, 0.3) is 5.56 Å². The number of fused-ring (bicyclic) bond motifs is 1. The summed E-state index contributed by atoms with van der Waals surface area (Å²) in [6, 6.07) is 18.0. The lowest BCUT2D eigenvalue weighted by Gasteiger charge is -2.09. The monoisotopic (exact) mass is 384 g/mol. The maximum atomic E-state index is 12.9. The molecule has 0 saturated heterocycles. The van der Waals surface area contributed by atoms with Crippen LogP contribution in [0.2, 0.25) is 0 Å². The second-order valence-corrected chi connectivity index (χ2v) is 7.17. The summed E-state index contributed by atoms with van der Waals surface area (Å²) < 4.78 is 4.43. The van der Waals surface area contributed by atoms with Crippen LogP contribution >= 0.6 is 0 Å². The average molecular weight is 384 g/mol. The summed E-state index contributed by atoms with van der Waals surface area (Å²) in [6.45, 7) is 0.486. The molecule has 0 bridgehead atoms. The largest absolute Gasteiger partial charge is 0.332 e. The summed E-state index contributed by atoms with van der Waals surface area (Å²) in [7, 11) is 5.17. The van der Waals surface area contributed by atoms with Gasteiger partial charge in [-0.1, -0.05) is 66.1 Å². The first-order chi connectivity index (χ1) is 14.0. The van der Waals surface area contributed by atoms with Crippen LogP contribution in [-0.4, -0.2) is 26.5 Å². The third-order valence-corrected chi connectivity index (χ3v) is 5.03. The molecule has 0 N–H and O–H groups in total. The SMILES string of the molecule is Bc1cccc(Cn2c(/C=C/c3ccccc3)nc3c2c(=O)n(C)c(=O)n3C)c1. The third-order valence-electron chi connectivity index (χ3n) is 5.03. The molecule has 0 atom stereocenters. The number of imidazole rings is 1. The molecule has 7 heteroatoms. The molecule has 4 aromatic rings. The fourth-order valence-corrected chi connectivity index (χ4v) is 3.48. The van der Waals surface area contributed by atoms with E-state index in [1.165, 1.54) is 11.6 Å². The molecule has 0 spiro atoms. The molecule has 0 unspecified atom stereocenters. The van der Waals surface area contributed by atoms with E-state index in [-0.39, 0.29) is 11.2 Å². The van der Waals surface area contributed by atoms with E-state index >= 15 is 0 Å². The number of aryl methyl sites for hydroxylation is 1. The van der Waals surface area contributed by atoms with Gasteiger partial charge in [-0.2, -0.15) is 0 Å². The molecule has 0 fully saturated rings. The maximum Gasteiger partial charge on any atom is 0.332 e. The molecule has 2 aromatic heterocycles. The second kappa shape index (κ2) is 7.43. The first kappa shape index (κ1) is 18.7. The Balaban J connectivity index is 1.95. The molecular formula is C22H21BN4O2. The van der Waals surface area contributed by atoms with Gasteiger partial charge in [0, 0.05) is 20.6 Å². The Labute approximate surface area is 168 Å². The van der Waals surface area contributed by atoms with Crippen molar-refractivity contribution < 1.29 is 0 Å². The Morgan fingerprint density at radius 3 is 2.45 bits per heavy atom. The summed E-state index contributed by atoms with van der Waals surface area (Å²) in [6.07, 6.45) is 3.84. The Hall–Kier alpha value is -3.61. The minimum atomic E-state index is -0.388. The summed E-state index contributed by atoms with van der Waals surface area (Å²) in [4.78, 5) is 29.9. The van der Waals surface area contributed by atoms with Crippen LogP contribution in [0.5, 0.6) is 0 Å². The van der Waals surface area contributed by atoms with Crippen LogP contribution in [0.4, 0.5) is 0 Å². The van der Waals surface area contributed by atoms with Crippen LogP contribution in [-0.2, 0) is 20.6 Å². The number of nitrogens with zero attached hydrogens (tertiary/aromatic N) is 4. The molecule has 0 aliphatic heterocycles. The van der Waals surface area contributed by atoms with Crippen LogP contribution in [0.1, 0.15) is 17.0 Å². The van der Waals surface area contributed by atoms with E-state index in [2.05, 4.69) is 11.1 Å². The fourth-order valence-electron chi connectivity index (χ4n) is 3.48. The van der Waals surface area contributed by atoms with Crippen LogP contribution in [0.3, 0.4) is 0 Å². The average Bonchev–Trinajstić information content (AvgIpc) is 3.08. The summed E-state index contributed by atoms with van der Waals surface area (Å²) in [5, 5.41) is 0. The van der Waals surface area contributed by atoms with E-state index in [0.29, 0.717) is 23.5 Å². The molecule has 2 heterocycles. The van der Waals surface area contributed by atoms with Gasteiger partial charge in [0.05, 0.1) is 0 Å². The predicted octanol–water partition coefficient (Wildman–Crippen LogP) is 0.911. The van der Waals surface area contributed by atoms with Crippen molar-refractivity contribution in [2.75, 3.05) is 0 Å². The number of rotatable bonds is 4. The van der Waals surface area contributed by atoms with Crippen LogP contribution in [0.15, 0.2) is 64.2 Å². The lowest BCUT2D eigenvalue weighted by molar-refractivity contribution is 0.702. The van der Waals surface area contributed by atoms with Crippen LogP contribution in [0, 0.1) is 0 Å². The van der Waals surface area contributed by atoms with Crippen molar-refractivity contribution in [2.24, 2.45) is 14.1 Å². The van der Waals surface area contributed by atoms with Crippen molar-refractivity contribution in [3.8, 4) is 0 Å². The zero-order chi connectivity index (χ0) is 20.5. The minimum absolute atomic E-state index is 0.345. The first-order valence-corrected chi connectivity index (χ1v) is 9.40. The molecule has 0 aliphatic carbocycles. The topological polar surface area (TPSA) is 61.8 Å². The van der Waals surface area contributed by atoms with E-state index in [1.807, 2.05) is 73.1 Å².